The highest BCUT2D eigenvalue weighted by atomic mass is 16.6. The Morgan fingerprint density at radius 1 is 1.24 bits per heavy atom. The molecule has 0 aliphatic carbocycles. The number of esters is 1. The van der Waals surface area contributed by atoms with E-state index < -0.39 is 18.3 Å². The Morgan fingerprint density at radius 2 is 2.00 bits per heavy atom. The molecule has 0 aromatic heterocycles. The van der Waals surface area contributed by atoms with Gasteiger partial charge in [0.1, 0.15) is 18.3 Å². The Kier molecular flexibility index (Phi) is 2.61. The highest BCUT2D eigenvalue weighted by Crippen LogP contribution is 2.37. The lowest BCUT2D eigenvalue weighted by Gasteiger charge is -2.42. The van der Waals surface area contributed by atoms with Crippen LogP contribution < -0.4 is 0 Å². The van der Waals surface area contributed by atoms with Crippen LogP contribution in [-0.4, -0.2) is 29.4 Å². The SMILES string of the molecule is O=C1C[C@@H]2C[C@@H](O1)[C@H](O)[C@H](c1ccccc1)O2. The van der Waals surface area contributed by atoms with Crippen LogP contribution in [0.15, 0.2) is 30.3 Å². The first kappa shape index (κ1) is 10.7. The highest BCUT2D eigenvalue weighted by molar-refractivity contribution is 5.71. The number of carbonyl (C=O) groups is 1. The van der Waals surface area contributed by atoms with Crippen LogP contribution >= 0.6 is 0 Å². The summed E-state index contributed by atoms with van der Waals surface area (Å²) in [6.45, 7) is 0. The minimum atomic E-state index is -0.780. The van der Waals surface area contributed by atoms with Crippen LogP contribution in [0.5, 0.6) is 0 Å². The number of benzene rings is 1. The normalized spacial score (nSPS) is 36.4. The van der Waals surface area contributed by atoms with Gasteiger partial charge >= 0.3 is 5.97 Å². The zero-order valence-corrected chi connectivity index (χ0v) is 9.28. The summed E-state index contributed by atoms with van der Waals surface area (Å²) in [6, 6.07) is 9.55. The van der Waals surface area contributed by atoms with Crippen molar-refractivity contribution in [3.8, 4) is 0 Å². The van der Waals surface area contributed by atoms with Gasteiger partial charge in [-0.2, -0.15) is 0 Å². The minimum absolute atomic E-state index is 0.130. The molecule has 1 aromatic rings. The molecule has 3 rings (SSSR count). The summed E-state index contributed by atoms with van der Waals surface area (Å²) in [6.07, 6.45) is -0.857. The number of aliphatic hydroxyl groups excluding tert-OH is 1. The molecule has 1 aromatic carbocycles. The molecular weight excluding hydrogens is 220 g/mol. The predicted molar refractivity (Wildman–Crippen MR) is 59.2 cm³/mol. The van der Waals surface area contributed by atoms with Gasteiger partial charge in [-0.1, -0.05) is 30.3 Å². The Labute approximate surface area is 99.2 Å². The first-order valence-electron chi connectivity index (χ1n) is 5.82. The fourth-order valence-electron chi connectivity index (χ4n) is 2.51. The Bertz CT molecular complexity index is 417. The molecule has 4 heteroatoms. The number of hydrogen-bond acceptors (Lipinski definition) is 4. The van der Waals surface area contributed by atoms with Crippen molar-refractivity contribution in [1.29, 1.82) is 0 Å². The zero-order valence-electron chi connectivity index (χ0n) is 9.28. The van der Waals surface area contributed by atoms with Crippen LogP contribution in [0.4, 0.5) is 0 Å². The Morgan fingerprint density at radius 3 is 2.76 bits per heavy atom. The van der Waals surface area contributed by atoms with Crippen molar-refractivity contribution in [3.63, 3.8) is 0 Å². The van der Waals surface area contributed by atoms with Crippen molar-refractivity contribution >= 4 is 5.97 Å². The van der Waals surface area contributed by atoms with E-state index in [1.165, 1.54) is 0 Å². The number of rotatable bonds is 1. The van der Waals surface area contributed by atoms with E-state index in [0.717, 1.165) is 5.56 Å². The largest absolute Gasteiger partial charge is 0.459 e. The van der Waals surface area contributed by atoms with E-state index in [4.69, 9.17) is 9.47 Å². The molecule has 0 amide bonds. The van der Waals surface area contributed by atoms with Gasteiger partial charge in [-0.3, -0.25) is 4.79 Å². The fourth-order valence-corrected chi connectivity index (χ4v) is 2.51. The average molecular weight is 234 g/mol. The monoisotopic (exact) mass is 234 g/mol. The van der Waals surface area contributed by atoms with E-state index in [1.807, 2.05) is 30.3 Å². The molecule has 4 atom stereocenters. The van der Waals surface area contributed by atoms with Crippen LogP contribution in [0.1, 0.15) is 24.5 Å². The van der Waals surface area contributed by atoms with Crippen LogP contribution in [0, 0.1) is 0 Å². The highest BCUT2D eigenvalue weighted by Gasteiger charge is 2.44. The first-order chi connectivity index (χ1) is 8.24. The summed E-state index contributed by atoms with van der Waals surface area (Å²) >= 11 is 0. The van der Waals surface area contributed by atoms with E-state index in [2.05, 4.69) is 0 Å². The minimum Gasteiger partial charge on any atom is -0.459 e. The van der Waals surface area contributed by atoms with Crippen molar-refractivity contribution < 1.29 is 19.4 Å². The lowest BCUT2D eigenvalue weighted by atomic mass is 9.90. The first-order valence-corrected chi connectivity index (χ1v) is 5.82. The van der Waals surface area contributed by atoms with Crippen LogP contribution in [0.3, 0.4) is 0 Å². The van der Waals surface area contributed by atoms with Gasteiger partial charge in [0.05, 0.1) is 12.5 Å². The smallest absolute Gasteiger partial charge is 0.308 e. The van der Waals surface area contributed by atoms with Crippen LogP contribution in [0.2, 0.25) is 0 Å². The third kappa shape index (κ3) is 1.94. The molecule has 0 unspecified atom stereocenters. The quantitative estimate of drug-likeness (QED) is 0.742. The Hall–Kier alpha value is -1.39. The topological polar surface area (TPSA) is 55.8 Å². The number of aliphatic hydroxyl groups is 1. The second kappa shape index (κ2) is 4.13. The second-order valence-corrected chi connectivity index (χ2v) is 4.55. The van der Waals surface area contributed by atoms with Gasteiger partial charge in [-0.15, -0.1) is 0 Å². The molecule has 0 saturated carbocycles. The van der Waals surface area contributed by atoms with Crippen LogP contribution in [-0.2, 0) is 14.3 Å². The van der Waals surface area contributed by atoms with Crippen LogP contribution in [0.25, 0.3) is 0 Å². The molecule has 0 radical (unpaired) electrons. The van der Waals surface area contributed by atoms with E-state index in [9.17, 15) is 9.90 Å². The molecular formula is C13H14O4. The molecule has 2 fully saturated rings. The molecule has 2 saturated heterocycles. The molecule has 4 nitrogen and oxygen atoms in total. The van der Waals surface area contributed by atoms with Crippen molar-refractivity contribution in [2.75, 3.05) is 0 Å². The van der Waals surface area contributed by atoms with Gasteiger partial charge in [0.15, 0.2) is 0 Å². The lowest BCUT2D eigenvalue weighted by Crippen LogP contribution is -2.50. The number of fused-ring (bicyclic) bond motifs is 2. The third-order valence-corrected chi connectivity index (χ3v) is 3.33. The number of hydrogen-bond donors (Lipinski definition) is 1. The molecule has 1 N–H and O–H groups in total. The third-order valence-electron chi connectivity index (χ3n) is 3.33. The Balaban J connectivity index is 1.86. The summed E-state index contributed by atoms with van der Waals surface area (Å²) < 4.78 is 10.9. The fraction of sp³-hybridized carbons (Fsp3) is 0.462. The summed E-state index contributed by atoms with van der Waals surface area (Å²) in [5.41, 5.74) is 0.924. The molecule has 0 spiro atoms. The molecule has 2 aliphatic rings. The molecule has 90 valence electrons. The van der Waals surface area contributed by atoms with E-state index >= 15 is 0 Å². The maximum Gasteiger partial charge on any atom is 0.308 e. The van der Waals surface area contributed by atoms with E-state index in [-0.39, 0.29) is 18.5 Å². The van der Waals surface area contributed by atoms with E-state index in [0.29, 0.717) is 6.42 Å². The van der Waals surface area contributed by atoms with Gasteiger partial charge in [0, 0.05) is 6.42 Å². The van der Waals surface area contributed by atoms with E-state index in [1.54, 1.807) is 0 Å². The number of ether oxygens (including phenoxy) is 2. The predicted octanol–water partition coefficient (Wildman–Crippen LogP) is 1.19. The van der Waals surface area contributed by atoms with Gasteiger partial charge < -0.3 is 14.6 Å². The maximum atomic E-state index is 11.3. The van der Waals surface area contributed by atoms with Gasteiger partial charge in [-0.25, -0.2) is 0 Å². The van der Waals surface area contributed by atoms with Gasteiger partial charge in [-0.05, 0) is 5.56 Å². The molecule has 17 heavy (non-hydrogen) atoms. The standard InChI is InChI=1S/C13H14O4/c14-11-7-9-6-10(17-11)12(15)13(16-9)8-4-2-1-3-5-8/h1-5,9-10,12-13,15H,6-7H2/t9-,10+,12-,13-/m0/s1. The summed E-state index contributed by atoms with van der Waals surface area (Å²) in [5, 5.41) is 10.1. The van der Waals surface area contributed by atoms with Gasteiger partial charge in [0.2, 0.25) is 0 Å². The van der Waals surface area contributed by atoms with Crippen molar-refractivity contribution in [1.82, 2.24) is 0 Å². The summed E-state index contributed by atoms with van der Waals surface area (Å²) in [5.74, 6) is -0.281. The summed E-state index contributed by atoms with van der Waals surface area (Å²) in [7, 11) is 0. The zero-order chi connectivity index (χ0) is 11.8. The lowest BCUT2D eigenvalue weighted by molar-refractivity contribution is -0.218. The maximum absolute atomic E-state index is 11.3. The van der Waals surface area contributed by atoms with Gasteiger partial charge in [0.25, 0.3) is 0 Å². The average Bonchev–Trinajstić information content (AvgIpc) is 2.34. The molecule has 2 heterocycles. The summed E-state index contributed by atoms with van der Waals surface area (Å²) in [4.78, 5) is 11.3. The number of carbonyl (C=O) groups excluding carboxylic acids is 1. The second-order valence-electron chi connectivity index (χ2n) is 4.55. The molecule has 2 bridgehead atoms. The molecule has 2 aliphatic heterocycles. The van der Waals surface area contributed by atoms with Crippen molar-refractivity contribution in [2.45, 2.75) is 37.3 Å². The van der Waals surface area contributed by atoms with Crippen molar-refractivity contribution in [2.24, 2.45) is 0 Å². The van der Waals surface area contributed by atoms with Crippen molar-refractivity contribution in [3.05, 3.63) is 35.9 Å².